The van der Waals surface area contributed by atoms with Crippen LogP contribution in [0.3, 0.4) is 0 Å². The molecule has 3 heterocycles. The molecule has 0 amide bonds. The molecule has 1 aromatic carbocycles. The number of epoxide rings is 1. The van der Waals surface area contributed by atoms with Crippen molar-refractivity contribution >= 4 is 22.9 Å². The lowest BCUT2D eigenvalue weighted by atomic mass is 9.75. The highest BCUT2D eigenvalue weighted by atomic mass is 35.5. The van der Waals surface area contributed by atoms with Gasteiger partial charge in [0.2, 0.25) is 0 Å². The van der Waals surface area contributed by atoms with E-state index in [4.69, 9.17) is 16.3 Å². The molecule has 0 bridgehead atoms. The Morgan fingerprint density at radius 3 is 2.62 bits per heavy atom. The van der Waals surface area contributed by atoms with Gasteiger partial charge in [0.25, 0.3) is 0 Å². The number of nitrogens with zero attached hydrogens (tertiary/aromatic N) is 1. The SMILES string of the molecule is CC12CCc3sc(-c4ccncc4)cc3C1(c1ccc(Cl)cc1)O2. The summed E-state index contributed by atoms with van der Waals surface area (Å²) < 4.78 is 6.41. The van der Waals surface area contributed by atoms with Crippen LogP contribution in [0.4, 0.5) is 0 Å². The van der Waals surface area contributed by atoms with Crippen LogP contribution in [0.5, 0.6) is 0 Å². The summed E-state index contributed by atoms with van der Waals surface area (Å²) in [6, 6.07) is 14.6. The van der Waals surface area contributed by atoms with Gasteiger partial charge in [-0.05, 0) is 61.2 Å². The monoisotopic (exact) mass is 353 g/mol. The average molecular weight is 354 g/mol. The molecule has 2 atom stereocenters. The van der Waals surface area contributed by atoms with E-state index < -0.39 is 0 Å². The summed E-state index contributed by atoms with van der Waals surface area (Å²) in [5.74, 6) is 0. The summed E-state index contributed by atoms with van der Waals surface area (Å²) in [6.07, 6.45) is 5.83. The highest BCUT2D eigenvalue weighted by Crippen LogP contribution is 2.66. The maximum Gasteiger partial charge on any atom is 0.149 e. The Morgan fingerprint density at radius 2 is 1.88 bits per heavy atom. The summed E-state index contributed by atoms with van der Waals surface area (Å²) in [5.41, 5.74) is 3.33. The van der Waals surface area contributed by atoms with Gasteiger partial charge in [-0.3, -0.25) is 4.98 Å². The van der Waals surface area contributed by atoms with Gasteiger partial charge in [-0.25, -0.2) is 0 Å². The van der Waals surface area contributed by atoms with Crippen LogP contribution in [-0.2, 0) is 16.8 Å². The fourth-order valence-electron chi connectivity index (χ4n) is 4.01. The van der Waals surface area contributed by atoms with Crippen molar-refractivity contribution in [2.24, 2.45) is 0 Å². The Bertz CT molecular complexity index is 921. The van der Waals surface area contributed by atoms with Gasteiger partial charge in [-0.15, -0.1) is 11.3 Å². The Morgan fingerprint density at radius 1 is 1.12 bits per heavy atom. The lowest BCUT2D eigenvalue weighted by Crippen LogP contribution is -2.27. The molecule has 24 heavy (non-hydrogen) atoms. The number of hydrogen-bond donors (Lipinski definition) is 0. The number of aromatic nitrogens is 1. The van der Waals surface area contributed by atoms with Gasteiger partial charge in [-0.1, -0.05) is 23.7 Å². The predicted molar refractivity (Wildman–Crippen MR) is 97.6 cm³/mol. The highest BCUT2D eigenvalue weighted by Gasteiger charge is 2.70. The molecule has 2 aliphatic rings. The molecule has 2 unspecified atom stereocenters. The van der Waals surface area contributed by atoms with Gasteiger partial charge in [0, 0.05) is 32.7 Å². The number of thiophene rings is 1. The highest BCUT2D eigenvalue weighted by molar-refractivity contribution is 7.15. The number of pyridine rings is 1. The summed E-state index contributed by atoms with van der Waals surface area (Å²) in [4.78, 5) is 6.85. The molecule has 1 saturated heterocycles. The lowest BCUT2D eigenvalue weighted by Gasteiger charge is -2.23. The van der Waals surface area contributed by atoms with E-state index in [1.807, 2.05) is 35.9 Å². The molecule has 1 fully saturated rings. The maximum absolute atomic E-state index is 6.41. The van der Waals surface area contributed by atoms with Crippen LogP contribution in [0, 0.1) is 0 Å². The fourth-order valence-corrected chi connectivity index (χ4v) is 5.35. The topological polar surface area (TPSA) is 25.4 Å². The third kappa shape index (κ3) is 1.89. The maximum atomic E-state index is 6.41. The van der Waals surface area contributed by atoms with Crippen molar-refractivity contribution in [2.45, 2.75) is 31.0 Å². The molecule has 2 nitrogen and oxygen atoms in total. The molecule has 2 aromatic heterocycles. The summed E-state index contributed by atoms with van der Waals surface area (Å²) >= 11 is 7.96. The first-order valence-corrected chi connectivity index (χ1v) is 9.32. The zero-order valence-corrected chi connectivity index (χ0v) is 14.8. The van der Waals surface area contributed by atoms with Gasteiger partial charge < -0.3 is 4.74 Å². The molecule has 5 rings (SSSR count). The summed E-state index contributed by atoms with van der Waals surface area (Å²) in [6.45, 7) is 2.23. The van der Waals surface area contributed by atoms with Crippen LogP contribution < -0.4 is 0 Å². The van der Waals surface area contributed by atoms with E-state index in [2.05, 4.69) is 42.2 Å². The van der Waals surface area contributed by atoms with Crippen molar-refractivity contribution in [2.75, 3.05) is 0 Å². The molecule has 3 aromatic rings. The van der Waals surface area contributed by atoms with Crippen LogP contribution in [0.1, 0.15) is 29.3 Å². The van der Waals surface area contributed by atoms with Gasteiger partial charge in [0.05, 0.1) is 0 Å². The first-order valence-electron chi connectivity index (χ1n) is 8.12. The lowest BCUT2D eigenvalue weighted by molar-refractivity contribution is 0.285. The smallest absolute Gasteiger partial charge is 0.149 e. The average Bonchev–Trinajstić information content (AvgIpc) is 3.04. The van der Waals surface area contributed by atoms with Crippen LogP contribution in [0.15, 0.2) is 54.9 Å². The van der Waals surface area contributed by atoms with Crippen molar-refractivity contribution in [1.82, 2.24) is 4.98 Å². The normalized spacial score (nSPS) is 27.4. The standard InChI is InChI=1S/C20H16ClNOS/c1-19-9-6-17-16(12-18(24-17)13-7-10-22-11-8-13)20(19,23-19)14-2-4-15(21)5-3-14/h2-5,7-8,10-12H,6,9H2,1H3. The van der Waals surface area contributed by atoms with E-state index in [0.717, 1.165) is 17.9 Å². The summed E-state index contributed by atoms with van der Waals surface area (Å²) in [7, 11) is 0. The van der Waals surface area contributed by atoms with Gasteiger partial charge in [0.15, 0.2) is 0 Å². The molecule has 1 aliphatic heterocycles. The second-order valence-electron chi connectivity index (χ2n) is 6.70. The quantitative estimate of drug-likeness (QED) is 0.573. The number of ether oxygens (including phenoxy) is 1. The van der Waals surface area contributed by atoms with E-state index in [9.17, 15) is 0 Å². The molecule has 0 N–H and O–H groups in total. The third-order valence-electron chi connectivity index (χ3n) is 5.31. The van der Waals surface area contributed by atoms with Crippen LogP contribution >= 0.6 is 22.9 Å². The molecular formula is C20H16ClNOS. The van der Waals surface area contributed by atoms with Crippen LogP contribution in [-0.4, -0.2) is 10.6 Å². The van der Waals surface area contributed by atoms with Crippen molar-refractivity contribution in [3.63, 3.8) is 0 Å². The van der Waals surface area contributed by atoms with Gasteiger partial charge in [0.1, 0.15) is 11.2 Å². The molecule has 120 valence electrons. The van der Waals surface area contributed by atoms with Gasteiger partial charge >= 0.3 is 0 Å². The van der Waals surface area contributed by atoms with Gasteiger partial charge in [-0.2, -0.15) is 0 Å². The Balaban J connectivity index is 1.67. The van der Waals surface area contributed by atoms with Crippen molar-refractivity contribution < 1.29 is 4.74 Å². The van der Waals surface area contributed by atoms with Crippen LogP contribution in [0.25, 0.3) is 10.4 Å². The summed E-state index contributed by atoms with van der Waals surface area (Å²) in [5, 5.41) is 0.760. The number of fused-ring (bicyclic) bond motifs is 3. The second-order valence-corrected chi connectivity index (χ2v) is 8.28. The van der Waals surface area contributed by atoms with Crippen molar-refractivity contribution in [1.29, 1.82) is 0 Å². The second kappa shape index (κ2) is 4.92. The minimum absolute atomic E-state index is 0.107. The number of rotatable bonds is 2. The largest absolute Gasteiger partial charge is 0.353 e. The number of aryl methyl sites for hydroxylation is 1. The zero-order chi connectivity index (χ0) is 16.4. The third-order valence-corrected chi connectivity index (χ3v) is 6.81. The molecule has 0 spiro atoms. The van der Waals surface area contributed by atoms with E-state index in [-0.39, 0.29) is 11.2 Å². The van der Waals surface area contributed by atoms with E-state index in [0.29, 0.717) is 0 Å². The first-order chi connectivity index (χ1) is 11.6. The molecule has 0 radical (unpaired) electrons. The minimum atomic E-state index is -0.313. The predicted octanol–water partition coefficient (Wildman–Crippen LogP) is 5.44. The molecule has 4 heteroatoms. The first kappa shape index (κ1) is 14.6. The number of benzene rings is 1. The van der Waals surface area contributed by atoms with E-state index >= 15 is 0 Å². The zero-order valence-electron chi connectivity index (χ0n) is 13.3. The molecular weight excluding hydrogens is 338 g/mol. The Labute approximate surface area is 150 Å². The minimum Gasteiger partial charge on any atom is -0.353 e. The van der Waals surface area contributed by atoms with Crippen LogP contribution in [0.2, 0.25) is 5.02 Å². The number of halogens is 1. The van der Waals surface area contributed by atoms with E-state index in [1.54, 1.807) is 0 Å². The van der Waals surface area contributed by atoms with E-state index in [1.165, 1.54) is 26.4 Å². The molecule has 1 aliphatic carbocycles. The Kier molecular flexibility index (Phi) is 3.00. The number of hydrogen-bond acceptors (Lipinski definition) is 3. The Hall–Kier alpha value is -1.68. The molecule has 0 saturated carbocycles. The van der Waals surface area contributed by atoms with Crippen molar-refractivity contribution in [3.05, 3.63) is 75.9 Å². The fraction of sp³-hybridized carbons (Fsp3) is 0.250. The van der Waals surface area contributed by atoms with Crippen molar-refractivity contribution in [3.8, 4) is 10.4 Å².